The van der Waals surface area contributed by atoms with Gasteiger partial charge in [-0.3, -0.25) is 0 Å². The summed E-state index contributed by atoms with van der Waals surface area (Å²) >= 11 is 5.06. The molecule has 0 heterocycles. The monoisotopic (exact) mass is 433 g/mol. The Morgan fingerprint density at radius 3 is 2.50 bits per heavy atom. The van der Waals surface area contributed by atoms with Gasteiger partial charge in [-0.1, -0.05) is 15.9 Å². The molecular weight excluding hydrogens is 429 g/mol. The van der Waals surface area contributed by atoms with Crippen molar-refractivity contribution in [3.8, 4) is 0 Å². The average Bonchev–Trinajstić information content (AvgIpc) is 2.24. The molecule has 0 N–H and O–H groups in total. The van der Waals surface area contributed by atoms with E-state index in [9.17, 15) is 23.5 Å². The second-order valence-corrected chi connectivity index (χ2v) is 5.39. The number of rotatable bonds is 4. The van der Waals surface area contributed by atoms with Crippen LogP contribution in [0.2, 0.25) is 0 Å². The Labute approximate surface area is 123 Å². The maximum absolute atomic E-state index is 12.6. The third-order valence-electron chi connectivity index (χ3n) is 1.78. The van der Waals surface area contributed by atoms with E-state index in [1.807, 2.05) is 22.6 Å². The zero-order valence-electron chi connectivity index (χ0n) is 8.58. The van der Waals surface area contributed by atoms with Gasteiger partial charge in [-0.25, -0.2) is 4.79 Å². The van der Waals surface area contributed by atoms with Gasteiger partial charge < -0.3 is 14.6 Å². The molecule has 0 spiro atoms. The van der Waals surface area contributed by atoms with Gasteiger partial charge in [0.1, 0.15) is 5.97 Å². The van der Waals surface area contributed by atoms with Gasteiger partial charge in [-0.15, -0.1) is 0 Å². The Morgan fingerprint density at radius 1 is 1.39 bits per heavy atom. The van der Waals surface area contributed by atoms with Crippen molar-refractivity contribution in [3.05, 3.63) is 31.8 Å². The van der Waals surface area contributed by atoms with Crippen LogP contribution in [0.3, 0.4) is 0 Å². The summed E-state index contributed by atoms with van der Waals surface area (Å²) in [6.45, 7) is -1.56. The summed E-state index contributed by atoms with van der Waals surface area (Å²) in [5.74, 6) is -7.82. The standard InChI is InChI=1S/C10H6BrF2IO4/c11-6-1-5(2-7(14)3-6)8(15)18-4-10(12,13)9(16)17/h1-3H,4H2,(H,16,17)/p-1. The van der Waals surface area contributed by atoms with E-state index in [2.05, 4.69) is 20.7 Å². The first-order valence-corrected chi connectivity index (χ1v) is 6.32. The molecule has 0 saturated heterocycles. The number of ether oxygens (including phenoxy) is 1. The van der Waals surface area contributed by atoms with Gasteiger partial charge in [0.05, 0.1) is 5.56 Å². The number of carboxylic acids is 1. The molecule has 98 valence electrons. The van der Waals surface area contributed by atoms with Gasteiger partial charge in [-0.05, 0) is 40.8 Å². The van der Waals surface area contributed by atoms with Gasteiger partial charge in [0.15, 0.2) is 6.61 Å². The van der Waals surface area contributed by atoms with E-state index >= 15 is 0 Å². The largest absolute Gasteiger partial charge is 0.544 e. The van der Waals surface area contributed by atoms with Crippen molar-refractivity contribution in [1.29, 1.82) is 0 Å². The minimum Gasteiger partial charge on any atom is -0.544 e. The highest BCUT2D eigenvalue weighted by molar-refractivity contribution is 14.1. The molecule has 1 aromatic rings. The highest BCUT2D eigenvalue weighted by atomic mass is 127. The van der Waals surface area contributed by atoms with Crippen molar-refractivity contribution >= 4 is 50.5 Å². The van der Waals surface area contributed by atoms with Crippen LogP contribution in [0.25, 0.3) is 0 Å². The Morgan fingerprint density at radius 2 is 2.00 bits per heavy atom. The predicted molar refractivity (Wildman–Crippen MR) is 67.1 cm³/mol. The zero-order chi connectivity index (χ0) is 13.9. The lowest BCUT2D eigenvalue weighted by Gasteiger charge is -2.16. The summed E-state index contributed by atoms with van der Waals surface area (Å²) < 4.78 is 30.8. The van der Waals surface area contributed by atoms with Crippen molar-refractivity contribution in [1.82, 2.24) is 0 Å². The maximum atomic E-state index is 12.6. The molecule has 1 rings (SSSR count). The van der Waals surface area contributed by atoms with Crippen molar-refractivity contribution < 1.29 is 28.2 Å². The second kappa shape index (κ2) is 5.91. The molecule has 0 aliphatic heterocycles. The van der Waals surface area contributed by atoms with E-state index in [1.54, 1.807) is 6.07 Å². The first-order chi connectivity index (χ1) is 8.22. The van der Waals surface area contributed by atoms with Crippen molar-refractivity contribution in [3.63, 3.8) is 0 Å². The third kappa shape index (κ3) is 4.16. The van der Waals surface area contributed by atoms with E-state index < -0.39 is 24.5 Å². The van der Waals surface area contributed by atoms with Crippen molar-refractivity contribution in [2.45, 2.75) is 5.92 Å². The van der Waals surface area contributed by atoms with E-state index in [0.717, 1.165) is 0 Å². The molecule has 0 fully saturated rings. The summed E-state index contributed by atoms with van der Waals surface area (Å²) in [6.07, 6.45) is 0. The molecule has 8 heteroatoms. The molecule has 0 aliphatic rings. The molecule has 18 heavy (non-hydrogen) atoms. The molecule has 0 aromatic heterocycles. The molecule has 0 amide bonds. The average molecular weight is 434 g/mol. The number of halogens is 4. The Kier molecular flexibility index (Phi) is 5.02. The normalized spacial score (nSPS) is 11.1. The van der Waals surface area contributed by atoms with E-state index in [0.29, 0.717) is 8.04 Å². The molecule has 0 saturated carbocycles. The van der Waals surface area contributed by atoms with Crippen LogP contribution in [-0.4, -0.2) is 24.5 Å². The van der Waals surface area contributed by atoms with Gasteiger partial charge in [0.25, 0.3) is 0 Å². The first-order valence-electron chi connectivity index (χ1n) is 4.45. The number of hydrogen-bond acceptors (Lipinski definition) is 4. The van der Waals surface area contributed by atoms with Crippen LogP contribution in [0, 0.1) is 3.57 Å². The summed E-state index contributed by atoms with van der Waals surface area (Å²) in [7, 11) is 0. The van der Waals surface area contributed by atoms with Gasteiger partial charge in [0.2, 0.25) is 0 Å². The number of carbonyl (C=O) groups is 2. The Bertz CT molecular complexity index is 473. The second-order valence-electron chi connectivity index (χ2n) is 3.23. The molecule has 0 bridgehead atoms. The number of benzene rings is 1. The summed E-state index contributed by atoms with van der Waals surface area (Å²) in [5.41, 5.74) is 0.0444. The van der Waals surface area contributed by atoms with Crippen LogP contribution in [0.4, 0.5) is 8.78 Å². The molecule has 0 atom stereocenters. The topological polar surface area (TPSA) is 66.4 Å². The quantitative estimate of drug-likeness (QED) is 0.534. The van der Waals surface area contributed by atoms with Crippen LogP contribution in [0.1, 0.15) is 10.4 Å². The SMILES string of the molecule is O=C(OCC(F)(F)C(=O)[O-])c1cc(Br)cc(I)c1. The van der Waals surface area contributed by atoms with Crippen LogP contribution in [0.5, 0.6) is 0 Å². The minimum atomic E-state index is -4.20. The Balaban J connectivity index is 2.75. The first kappa shape index (κ1) is 15.3. The number of carbonyl (C=O) groups excluding carboxylic acids is 2. The highest BCUT2D eigenvalue weighted by Gasteiger charge is 2.33. The molecule has 4 nitrogen and oxygen atoms in total. The van der Waals surface area contributed by atoms with Crippen molar-refractivity contribution in [2.75, 3.05) is 6.61 Å². The number of alkyl halides is 2. The minimum absolute atomic E-state index is 0.0444. The van der Waals surface area contributed by atoms with E-state index in [-0.39, 0.29) is 5.56 Å². The van der Waals surface area contributed by atoms with E-state index in [4.69, 9.17) is 0 Å². The zero-order valence-corrected chi connectivity index (χ0v) is 12.3. The van der Waals surface area contributed by atoms with Gasteiger partial charge in [0, 0.05) is 8.04 Å². The van der Waals surface area contributed by atoms with Crippen LogP contribution < -0.4 is 5.11 Å². The third-order valence-corrected chi connectivity index (χ3v) is 2.86. The lowest BCUT2D eigenvalue weighted by Crippen LogP contribution is -2.45. The number of carboxylic acid groups (broad SMARTS) is 1. The van der Waals surface area contributed by atoms with Gasteiger partial charge >= 0.3 is 11.9 Å². The predicted octanol–water partition coefficient (Wildman–Crippen LogP) is 1.60. The maximum Gasteiger partial charge on any atom is 0.338 e. The summed E-state index contributed by atoms with van der Waals surface area (Å²) in [5, 5.41) is 10.0. The molecule has 0 radical (unpaired) electrons. The lowest BCUT2D eigenvalue weighted by atomic mass is 10.2. The van der Waals surface area contributed by atoms with Crippen LogP contribution >= 0.6 is 38.5 Å². The van der Waals surface area contributed by atoms with Crippen molar-refractivity contribution in [2.24, 2.45) is 0 Å². The number of esters is 1. The van der Waals surface area contributed by atoms with Crippen LogP contribution in [-0.2, 0) is 9.53 Å². The number of aliphatic carboxylic acids is 1. The molecule has 0 aliphatic carbocycles. The smallest absolute Gasteiger partial charge is 0.338 e. The number of hydrogen-bond donors (Lipinski definition) is 0. The molecule has 1 aromatic carbocycles. The fourth-order valence-corrected chi connectivity index (χ4v) is 2.56. The molecular formula is C10H5BrF2IO4-. The lowest BCUT2D eigenvalue weighted by molar-refractivity contribution is -0.331. The Hall–Kier alpha value is -0.770. The fourth-order valence-electron chi connectivity index (χ4n) is 0.970. The highest BCUT2D eigenvalue weighted by Crippen LogP contribution is 2.19. The molecule has 0 unspecified atom stereocenters. The van der Waals surface area contributed by atoms with Gasteiger partial charge in [-0.2, -0.15) is 8.78 Å². The van der Waals surface area contributed by atoms with Crippen LogP contribution in [0.15, 0.2) is 22.7 Å². The fraction of sp³-hybridized carbons (Fsp3) is 0.200. The van der Waals surface area contributed by atoms with E-state index in [1.165, 1.54) is 12.1 Å². The summed E-state index contributed by atoms with van der Waals surface area (Å²) in [4.78, 5) is 21.4. The summed E-state index contributed by atoms with van der Waals surface area (Å²) in [6, 6.07) is 4.50.